The summed E-state index contributed by atoms with van der Waals surface area (Å²) in [6, 6.07) is 11.0. The SMILES string of the molecule is Nc1cccc(S(=O)(=O)Nc2ccc3ocnc3c2)c1. The molecule has 3 rings (SSSR count). The number of oxazole rings is 1. The molecule has 2 aromatic carbocycles. The van der Waals surface area contributed by atoms with Crippen LogP contribution in [0.1, 0.15) is 0 Å². The lowest BCUT2D eigenvalue weighted by Gasteiger charge is -2.08. The predicted octanol–water partition coefficient (Wildman–Crippen LogP) is 2.21. The highest BCUT2D eigenvalue weighted by atomic mass is 32.2. The number of nitrogen functional groups attached to an aromatic ring is 1. The van der Waals surface area contributed by atoms with Crippen molar-refractivity contribution in [3.05, 3.63) is 48.9 Å². The molecule has 102 valence electrons. The average Bonchev–Trinajstić information content (AvgIpc) is 2.85. The molecule has 3 N–H and O–H groups in total. The van der Waals surface area contributed by atoms with Gasteiger partial charge in [-0.2, -0.15) is 0 Å². The van der Waals surface area contributed by atoms with Crippen molar-refractivity contribution in [3.63, 3.8) is 0 Å². The summed E-state index contributed by atoms with van der Waals surface area (Å²) < 4.78 is 32.0. The van der Waals surface area contributed by atoms with Gasteiger partial charge in [0.1, 0.15) is 5.52 Å². The highest BCUT2D eigenvalue weighted by molar-refractivity contribution is 7.92. The maximum Gasteiger partial charge on any atom is 0.261 e. The van der Waals surface area contributed by atoms with E-state index in [1.165, 1.54) is 18.5 Å². The molecule has 0 saturated heterocycles. The van der Waals surface area contributed by atoms with Crippen molar-refractivity contribution >= 4 is 32.5 Å². The fraction of sp³-hybridized carbons (Fsp3) is 0. The van der Waals surface area contributed by atoms with Gasteiger partial charge in [-0.15, -0.1) is 0 Å². The summed E-state index contributed by atoms with van der Waals surface area (Å²) in [7, 11) is -3.68. The second-order valence-electron chi connectivity index (χ2n) is 4.21. The minimum atomic E-state index is -3.68. The van der Waals surface area contributed by atoms with Gasteiger partial charge in [0.05, 0.1) is 10.6 Å². The molecular weight excluding hydrogens is 278 g/mol. The fourth-order valence-corrected chi connectivity index (χ4v) is 2.92. The van der Waals surface area contributed by atoms with E-state index >= 15 is 0 Å². The highest BCUT2D eigenvalue weighted by Crippen LogP contribution is 2.21. The number of aromatic nitrogens is 1. The molecule has 0 amide bonds. The van der Waals surface area contributed by atoms with E-state index in [0.717, 1.165) is 0 Å². The van der Waals surface area contributed by atoms with Crippen LogP contribution in [-0.2, 0) is 10.0 Å². The van der Waals surface area contributed by atoms with Crippen LogP contribution in [0.15, 0.2) is 58.2 Å². The Kier molecular flexibility index (Phi) is 2.83. The van der Waals surface area contributed by atoms with Crippen molar-refractivity contribution < 1.29 is 12.8 Å². The van der Waals surface area contributed by atoms with Crippen LogP contribution in [0, 0.1) is 0 Å². The first-order valence-electron chi connectivity index (χ1n) is 5.76. The normalized spacial score (nSPS) is 11.6. The van der Waals surface area contributed by atoms with Crippen LogP contribution >= 0.6 is 0 Å². The third kappa shape index (κ3) is 2.30. The predicted molar refractivity (Wildman–Crippen MR) is 75.7 cm³/mol. The molecule has 1 heterocycles. The third-order valence-electron chi connectivity index (χ3n) is 2.75. The Morgan fingerprint density at radius 3 is 2.80 bits per heavy atom. The van der Waals surface area contributed by atoms with Crippen molar-refractivity contribution in [2.75, 3.05) is 10.5 Å². The van der Waals surface area contributed by atoms with Crippen molar-refractivity contribution in [2.24, 2.45) is 0 Å². The fourth-order valence-electron chi connectivity index (χ4n) is 1.82. The van der Waals surface area contributed by atoms with Crippen LogP contribution in [0.25, 0.3) is 11.1 Å². The molecule has 1 aromatic heterocycles. The molecule has 7 heteroatoms. The zero-order valence-electron chi connectivity index (χ0n) is 10.3. The van der Waals surface area contributed by atoms with Crippen molar-refractivity contribution in [3.8, 4) is 0 Å². The summed E-state index contributed by atoms with van der Waals surface area (Å²) in [5.74, 6) is 0. The number of anilines is 2. The molecule has 0 fully saturated rings. The molecule has 0 saturated carbocycles. The number of fused-ring (bicyclic) bond motifs is 1. The maximum absolute atomic E-state index is 12.2. The van der Waals surface area contributed by atoms with Crippen LogP contribution in [-0.4, -0.2) is 13.4 Å². The van der Waals surface area contributed by atoms with Gasteiger partial charge in [-0.05, 0) is 36.4 Å². The van der Waals surface area contributed by atoms with Gasteiger partial charge in [-0.1, -0.05) is 6.07 Å². The van der Waals surface area contributed by atoms with Crippen LogP contribution in [0.2, 0.25) is 0 Å². The third-order valence-corrected chi connectivity index (χ3v) is 4.13. The summed E-state index contributed by atoms with van der Waals surface area (Å²) in [4.78, 5) is 4.08. The minimum Gasteiger partial charge on any atom is -0.443 e. The lowest BCUT2D eigenvalue weighted by atomic mass is 10.3. The van der Waals surface area contributed by atoms with Gasteiger partial charge in [0.15, 0.2) is 12.0 Å². The molecule has 0 aliphatic rings. The van der Waals surface area contributed by atoms with Gasteiger partial charge in [-0.25, -0.2) is 13.4 Å². The van der Waals surface area contributed by atoms with Gasteiger partial charge in [0.25, 0.3) is 10.0 Å². The summed E-state index contributed by atoms with van der Waals surface area (Å²) in [6.07, 6.45) is 1.31. The highest BCUT2D eigenvalue weighted by Gasteiger charge is 2.14. The van der Waals surface area contributed by atoms with Crippen LogP contribution in [0.3, 0.4) is 0 Å². The van der Waals surface area contributed by atoms with E-state index in [1.54, 1.807) is 30.3 Å². The summed E-state index contributed by atoms with van der Waals surface area (Å²) in [5, 5.41) is 0. The quantitative estimate of drug-likeness (QED) is 0.720. The molecule has 0 bridgehead atoms. The summed E-state index contributed by atoms with van der Waals surface area (Å²) in [6.45, 7) is 0. The number of hydrogen-bond donors (Lipinski definition) is 2. The van der Waals surface area contributed by atoms with Gasteiger partial charge < -0.3 is 10.2 Å². The second-order valence-corrected chi connectivity index (χ2v) is 5.90. The second kappa shape index (κ2) is 4.53. The van der Waals surface area contributed by atoms with E-state index in [-0.39, 0.29) is 4.90 Å². The van der Waals surface area contributed by atoms with Gasteiger partial charge in [0, 0.05) is 5.69 Å². The van der Waals surface area contributed by atoms with E-state index in [9.17, 15) is 8.42 Å². The average molecular weight is 289 g/mol. The van der Waals surface area contributed by atoms with Gasteiger partial charge >= 0.3 is 0 Å². The molecule has 0 unspecified atom stereocenters. The number of rotatable bonds is 3. The molecule has 3 aromatic rings. The van der Waals surface area contributed by atoms with Crippen LogP contribution in [0.5, 0.6) is 0 Å². The monoisotopic (exact) mass is 289 g/mol. The number of hydrogen-bond acceptors (Lipinski definition) is 5. The van der Waals surface area contributed by atoms with E-state index in [1.807, 2.05) is 0 Å². The van der Waals surface area contributed by atoms with E-state index in [4.69, 9.17) is 10.2 Å². The molecule has 0 atom stereocenters. The van der Waals surface area contributed by atoms with Crippen LogP contribution in [0.4, 0.5) is 11.4 Å². The van der Waals surface area contributed by atoms with E-state index < -0.39 is 10.0 Å². The van der Waals surface area contributed by atoms with Crippen molar-refractivity contribution in [1.29, 1.82) is 0 Å². The standard InChI is InChI=1S/C13H11N3O3S/c14-9-2-1-3-11(6-9)20(17,18)16-10-4-5-13-12(7-10)15-8-19-13/h1-8,16H,14H2. The minimum absolute atomic E-state index is 0.109. The first kappa shape index (κ1) is 12.5. The Balaban J connectivity index is 1.96. The Morgan fingerprint density at radius 1 is 1.15 bits per heavy atom. The number of nitrogens with two attached hydrogens (primary N) is 1. The molecule has 0 aliphatic carbocycles. The van der Waals surface area contributed by atoms with E-state index in [0.29, 0.717) is 22.5 Å². The summed E-state index contributed by atoms with van der Waals surface area (Å²) in [5.41, 5.74) is 7.57. The Hall–Kier alpha value is -2.54. The molecular formula is C13H11N3O3S. The van der Waals surface area contributed by atoms with Crippen molar-refractivity contribution in [1.82, 2.24) is 4.98 Å². The Morgan fingerprint density at radius 2 is 2.00 bits per heavy atom. The number of nitrogens with zero attached hydrogens (tertiary/aromatic N) is 1. The zero-order chi connectivity index (χ0) is 14.2. The summed E-state index contributed by atoms with van der Waals surface area (Å²) >= 11 is 0. The lowest BCUT2D eigenvalue weighted by molar-refractivity contribution is 0.600. The molecule has 6 nitrogen and oxygen atoms in total. The number of sulfonamides is 1. The van der Waals surface area contributed by atoms with Crippen LogP contribution < -0.4 is 10.5 Å². The topological polar surface area (TPSA) is 98.2 Å². The molecule has 20 heavy (non-hydrogen) atoms. The maximum atomic E-state index is 12.2. The number of benzene rings is 2. The molecule has 0 radical (unpaired) electrons. The number of nitrogens with one attached hydrogen (secondary N) is 1. The lowest BCUT2D eigenvalue weighted by Crippen LogP contribution is -2.13. The first-order chi connectivity index (χ1) is 9.54. The smallest absolute Gasteiger partial charge is 0.261 e. The first-order valence-corrected chi connectivity index (χ1v) is 7.24. The Bertz CT molecular complexity index is 871. The largest absolute Gasteiger partial charge is 0.443 e. The zero-order valence-corrected chi connectivity index (χ0v) is 11.1. The molecule has 0 aliphatic heterocycles. The molecule has 0 spiro atoms. The van der Waals surface area contributed by atoms with E-state index in [2.05, 4.69) is 9.71 Å². The van der Waals surface area contributed by atoms with Gasteiger partial charge in [0.2, 0.25) is 0 Å². The van der Waals surface area contributed by atoms with Crippen molar-refractivity contribution in [2.45, 2.75) is 4.90 Å². The Labute approximate surface area is 115 Å². The van der Waals surface area contributed by atoms with Gasteiger partial charge in [-0.3, -0.25) is 4.72 Å².